The van der Waals surface area contributed by atoms with E-state index in [1.54, 1.807) is 18.4 Å². The molecule has 0 spiro atoms. The summed E-state index contributed by atoms with van der Waals surface area (Å²) in [5, 5.41) is 14.0. The predicted molar refractivity (Wildman–Crippen MR) is 75.3 cm³/mol. The highest BCUT2D eigenvalue weighted by atomic mass is 32.1. The lowest BCUT2D eigenvalue weighted by atomic mass is 9.93. The van der Waals surface area contributed by atoms with Gasteiger partial charge in [0.2, 0.25) is 5.13 Å². The Morgan fingerprint density at radius 2 is 2.06 bits per heavy atom. The van der Waals surface area contributed by atoms with Gasteiger partial charge in [0.15, 0.2) is 0 Å². The van der Waals surface area contributed by atoms with Crippen LogP contribution >= 0.6 is 11.3 Å². The van der Waals surface area contributed by atoms with Crippen molar-refractivity contribution in [3.63, 3.8) is 0 Å². The number of hydrogen-bond donors (Lipinski definition) is 1. The second kappa shape index (κ2) is 5.53. The Morgan fingerprint density at radius 3 is 2.67 bits per heavy atom. The summed E-state index contributed by atoms with van der Waals surface area (Å²) in [6.07, 6.45) is 5.07. The number of anilines is 1. The lowest BCUT2D eigenvalue weighted by molar-refractivity contribution is 0.0669. The van der Waals surface area contributed by atoms with Crippen molar-refractivity contribution < 1.29 is 4.74 Å². The molecule has 18 heavy (non-hydrogen) atoms. The number of aromatic nitrogens is 2. The first-order chi connectivity index (χ1) is 8.49. The van der Waals surface area contributed by atoms with Gasteiger partial charge in [-0.15, -0.1) is 10.2 Å². The molecule has 0 amide bonds. The highest BCUT2D eigenvalue weighted by Crippen LogP contribution is 2.30. The van der Waals surface area contributed by atoms with Gasteiger partial charge in [-0.05, 0) is 25.7 Å². The van der Waals surface area contributed by atoms with Crippen LogP contribution in [0.1, 0.15) is 51.5 Å². The fraction of sp³-hybridized carbons (Fsp3) is 0.846. The number of rotatable bonds is 3. The van der Waals surface area contributed by atoms with Crippen LogP contribution in [0.2, 0.25) is 0 Å². The summed E-state index contributed by atoms with van der Waals surface area (Å²) in [6, 6.07) is 0.476. The molecule has 1 fully saturated rings. The summed E-state index contributed by atoms with van der Waals surface area (Å²) in [7, 11) is 1.80. The molecular formula is C13H23N3OS. The smallest absolute Gasteiger partial charge is 0.205 e. The minimum absolute atomic E-state index is 0.0826. The Bertz CT molecular complexity index is 386. The maximum atomic E-state index is 5.45. The lowest BCUT2D eigenvalue weighted by Crippen LogP contribution is -2.30. The zero-order chi connectivity index (χ0) is 13.2. The molecule has 0 aromatic carbocycles. The molecule has 1 aliphatic rings. The molecule has 5 heteroatoms. The molecule has 2 unspecified atom stereocenters. The van der Waals surface area contributed by atoms with Crippen LogP contribution in [-0.2, 0) is 10.2 Å². The van der Waals surface area contributed by atoms with Crippen molar-refractivity contribution in [2.75, 3.05) is 12.4 Å². The SMILES string of the molecule is COC1CCCC(Nc2nnc(C(C)(C)C)s2)C1. The third-order valence-electron chi connectivity index (χ3n) is 3.35. The van der Waals surface area contributed by atoms with Crippen LogP contribution in [0, 0.1) is 0 Å². The Morgan fingerprint density at radius 1 is 1.28 bits per heavy atom. The molecule has 1 aromatic heterocycles. The predicted octanol–water partition coefficient (Wildman–Crippen LogP) is 3.21. The molecule has 0 saturated heterocycles. The maximum absolute atomic E-state index is 5.45. The minimum Gasteiger partial charge on any atom is -0.381 e. The second-order valence-electron chi connectivity index (χ2n) is 6.03. The zero-order valence-electron chi connectivity index (χ0n) is 11.7. The molecule has 1 aliphatic carbocycles. The zero-order valence-corrected chi connectivity index (χ0v) is 12.5. The van der Waals surface area contributed by atoms with Crippen molar-refractivity contribution in [2.45, 2.75) is 64.0 Å². The fourth-order valence-corrected chi connectivity index (χ4v) is 3.13. The fourth-order valence-electron chi connectivity index (χ4n) is 2.25. The molecule has 2 atom stereocenters. The van der Waals surface area contributed by atoms with Crippen LogP contribution in [0.25, 0.3) is 0 Å². The Hall–Kier alpha value is -0.680. The molecule has 0 aliphatic heterocycles. The van der Waals surface area contributed by atoms with Crippen molar-refractivity contribution in [3.8, 4) is 0 Å². The number of nitrogens with one attached hydrogen (secondary N) is 1. The Labute approximate surface area is 113 Å². The highest BCUT2D eigenvalue weighted by molar-refractivity contribution is 7.15. The van der Waals surface area contributed by atoms with Gasteiger partial charge >= 0.3 is 0 Å². The minimum atomic E-state index is 0.0826. The van der Waals surface area contributed by atoms with E-state index in [4.69, 9.17) is 4.74 Å². The van der Waals surface area contributed by atoms with Gasteiger partial charge in [0, 0.05) is 18.6 Å². The molecule has 1 heterocycles. The third-order valence-corrected chi connectivity index (χ3v) is 4.63. The summed E-state index contributed by atoms with van der Waals surface area (Å²) >= 11 is 1.67. The van der Waals surface area contributed by atoms with E-state index in [-0.39, 0.29) is 5.41 Å². The molecule has 1 aromatic rings. The molecule has 1 N–H and O–H groups in total. The van der Waals surface area contributed by atoms with Gasteiger partial charge in [-0.25, -0.2) is 0 Å². The summed E-state index contributed by atoms with van der Waals surface area (Å²) < 4.78 is 5.45. The van der Waals surface area contributed by atoms with Crippen molar-refractivity contribution in [3.05, 3.63) is 5.01 Å². The van der Waals surface area contributed by atoms with Gasteiger partial charge in [0.05, 0.1) is 6.10 Å². The summed E-state index contributed by atoms with van der Waals surface area (Å²) in [4.78, 5) is 0. The van der Waals surface area contributed by atoms with E-state index in [1.165, 1.54) is 19.3 Å². The maximum Gasteiger partial charge on any atom is 0.205 e. The Balaban J connectivity index is 1.95. The molecule has 2 rings (SSSR count). The molecular weight excluding hydrogens is 246 g/mol. The van der Waals surface area contributed by atoms with Crippen molar-refractivity contribution in [1.82, 2.24) is 10.2 Å². The monoisotopic (exact) mass is 269 g/mol. The van der Waals surface area contributed by atoms with Gasteiger partial charge in [-0.1, -0.05) is 32.1 Å². The quantitative estimate of drug-likeness (QED) is 0.915. The molecule has 102 valence electrons. The van der Waals surface area contributed by atoms with Crippen molar-refractivity contribution in [2.24, 2.45) is 0 Å². The van der Waals surface area contributed by atoms with E-state index < -0.39 is 0 Å². The number of hydrogen-bond acceptors (Lipinski definition) is 5. The van der Waals surface area contributed by atoms with Crippen molar-refractivity contribution in [1.29, 1.82) is 0 Å². The summed E-state index contributed by atoms with van der Waals surface area (Å²) in [5.41, 5.74) is 0.0826. The van der Waals surface area contributed by atoms with E-state index in [1.807, 2.05) is 0 Å². The van der Waals surface area contributed by atoms with Crippen molar-refractivity contribution >= 4 is 16.5 Å². The average molecular weight is 269 g/mol. The van der Waals surface area contributed by atoms with E-state index >= 15 is 0 Å². The first kappa shape index (κ1) is 13.7. The van der Waals surface area contributed by atoms with E-state index in [9.17, 15) is 0 Å². The van der Waals surface area contributed by atoms with Crippen LogP contribution in [0.5, 0.6) is 0 Å². The number of ether oxygens (including phenoxy) is 1. The normalized spacial score (nSPS) is 25.1. The molecule has 0 bridgehead atoms. The van der Waals surface area contributed by atoms with Crippen LogP contribution in [0.15, 0.2) is 0 Å². The van der Waals surface area contributed by atoms with Gasteiger partial charge in [-0.2, -0.15) is 0 Å². The number of methoxy groups -OCH3 is 1. The molecule has 4 nitrogen and oxygen atoms in total. The third kappa shape index (κ3) is 3.42. The summed E-state index contributed by atoms with van der Waals surface area (Å²) in [6.45, 7) is 6.50. The van der Waals surface area contributed by atoms with Crippen LogP contribution in [-0.4, -0.2) is 29.5 Å². The lowest BCUT2D eigenvalue weighted by Gasteiger charge is -2.28. The number of nitrogens with zero attached hydrogens (tertiary/aromatic N) is 2. The summed E-state index contributed by atoms with van der Waals surface area (Å²) in [5.74, 6) is 0. The first-order valence-electron chi connectivity index (χ1n) is 6.62. The van der Waals surface area contributed by atoms with Gasteiger partial charge in [-0.3, -0.25) is 0 Å². The standard InChI is InChI=1S/C13H23N3OS/c1-13(2,3)11-15-16-12(18-11)14-9-6-5-7-10(8-9)17-4/h9-10H,5-8H2,1-4H3,(H,14,16). The average Bonchev–Trinajstić information content (AvgIpc) is 2.77. The molecule has 0 radical (unpaired) electrons. The van der Waals surface area contributed by atoms with Gasteiger partial charge in [0.25, 0.3) is 0 Å². The van der Waals surface area contributed by atoms with Crippen LogP contribution in [0.3, 0.4) is 0 Å². The van der Waals surface area contributed by atoms with E-state index in [2.05, 4.69) is 36.3 Å². The van der Waals surface area contributed by atoms with Gasteiger partial charge < -0.3 is 10.1 Å². The topological polar surface area (TPSA) is 47.0 Å². The first-order valence-corrected chi connectivity index (χ1v) is 7.44. The molecule has 1 saturated carbocycles. The largest absolute Gasteiger partial charge is 0.381 e. The van der Waals surface area contributed by atoms with Crippen LogP contribution < -0.4 is 5.32 Å². The van der Waals surface area contributed by atoms with E-state index in [0.717, 1.165) is 16.6 Å². The second-order valence-corrected chi connectivity index (χ2v) is 7.01. The highest BCUT2D eigenvalue weighted by Gasteiger charge is 2.24. The van der Waals surface area contributed by atoms with E-state index in [0.29, 0.717) is 12.1 Å². The Kier molecular flexibility index (Phi) is 4.22. The van der Waals surface area contributed by atoms with Gasteiger partial charge in [0.1, 0.15) is 5.01 Å². The van der Waals surface area contributed by atoms with Crippen LogP contribution in [0.4, 0.5) is 5.13 Å².